The first-order valence-electron chi connectivity index (χ1n) is 12.5. The van der Waals surface area contributed by atoms with E-state index in [1.54, 1.807) is 11.0 Å². The van der Waals surface area contributed by atoms with E-state index in [9.17, 15) is 14.4 Å². The summed E-state index contributed by atoms with van der Waals surface area (Å²) in [5, 5.41) is 6.03. The van der Waals surface area contributed by atoms with Gasteiger partial charge >= 0.3 is 0 Å². The minimum Gasteiger partial charge on any atom is -0.487 e. The third-order valence-electron chi connectivity index (χ3n) is 7.28. The van der Waals surface area contributed by atoms with Crippen molar-refractivity contribution in [2.45, 2.75) is 57.5 Å². The lowest BCUT2D eigenvalue weighted by Crippen LogP contribution is -2.54. The molecule has 0 aromatic heterocycles. The normalized spacial score (nSPS) is 24.9. The highest BCUT2D eigenvalue weighted by Gasteiger charge is 2.39. The van der Waals surface area contributed by atoms with E-state index in [1.807, 2.05) is 18.2 Å². The number of likely N-dealkylation sites (tertiary alicyclic amines) is 1. The molecule has 2 N–H and O–H groups in total. The van der Waals surface area contributed by atoms with E-state index in [1.165, 1.54) is 5.56 Å². The molecule has 184 valence electrons. The van der Waals surface area contributed by atoms with Gasteiger partial charge < -0.3 is 15.0 Å². The van der Waals surface area contributed by atoms with Crippen LogP contribution in [0.2, 0.25) is 0 Å². The fraction of sp³-hybridized carbons (Fsp3) is 0.444. The molecule has 0 radical (unpaired) electrons. The Bertz CT molecular complexity index is 1110. The maximum absolute atomic E-state index is 13.0. The van der Waals surface area contributed by atoms with Gasteiger partial charge in [0.2, 0.25) is 11.8 Å². The molecule has 2 saturated heterocycles. The van der Waals surface area contributed by atoms with Gasteiger partial charge in [0.25, 0.3) is 5.91 Å². The molecule has 2 aromatic rings. The topological polar surface area (TPSA) is 91.0 Å². The number of carbonyl (C=O) groups excluding carboxylic acids is 3. The van der Waals surface area contributed by atoms with E-state index in [-0.39, 0.29) is 30.4 Å². The van der Waals surface area contributed by atoms with Gasteiger partial charge in [0.05, 0.1) is 0 Å². The van der Waals surface area contributed by atoms with Crippen molar-refractivity contribution in [1.82, 2.24) is 20.4 Å². The van der Waals surface area contributed by atoms with E-state index >= 15 is 0 Å². The first-order chi connectivity index (χ1) is 17.0. The van der Waals surface area contributed by atoms with Crippen molar-refractivity contribution >= 4 is 17.7 Å². The van der Waals surface area contributed by atoms with Gasteiger partial charge in [0.15, 0.2) is 0 Å². The minimum atomic E-state index is -0.611. The zero-order valence-electron chi connectivity index (χ0n) is 20.0. The standard InChI is InChI=1S/C27H32N4O4/c1-2-30-13-12-22(28-15-18-6-4-3-5-7-18)24(17-30)35-20-8-9-21-19(14-20)16-31(27(21)34)23-10-11-25(32)29-26(23)33/h3-9,14,22-24,28H,2,10-13,15-17H2,1H3,(H,29,32,33)/t22-,23?,24-/m0/s1. The van der Waals surface area contributed by atoms with Crippen molar-refractivity contribution in [3.63, 3.8) is 0 Å². The van der Waals surface area contributed by atoms with Crippen molar-refractivity contribution in [1.29, 1.82) is 0 Å². The number of fused-ring (bicyclic) bond motifs is 1. The second-order valence-electron chi connectivity index (χ2n) is 9.53. The number of nitrogens with one attached hydrogen (secondary N) is 2. The average molecular weight is 477 g/mol. The number of ether oxygens (including phenoxy) is 1. The Balaban J connectivity index is 1.28. The van der Waals surface area contributed by atoms with Crippen molar-refractivity contribution in [2.24, 2.45) is 0 Å². The summed E-state index contributed by atoms with van der Waals surface area (Å²) in [7, 11) is 0. The molecule has 1 unspecified atom stereocenters. The molecule has 0 spiro atoms. The predicted octanol–water partition coefficient (Wildman–Crippen LogP) is 2.08. The molecule has 2 fully saturated rings. The lowest BCUT2D eigenvalue weighted by molar-refractivity contribution is -0.136. The highest BCUT2D eigenvalue weighted by Crippen LogP contribution is 2.31. The Kier molecular flexibility index (Phi) is 6.83. The molecular formula is C27H32N4O4. The van der Waals surface area contributed by atoms with E-state index in [0.717, 1.165) is 43.9 Å². The molecular weight excluding hydrogens is 444 g/mol. The Morgan fingerprint density at radius 1 is 1.09 bits per heavy atom. The second-order valence-corrected chi connectivity index (χ2v) is 9.53. The molecule has 3 heterocycles. The van der Waals surface area contributed by atoms with Crippen LogP contribution in [-0.4, -0.2) is 65.3 Å². The molecule has 3 atom stereocenters. The highest BCUT2D eigenvalue weighted by molar-refractivity contribution is 6.05. The number of hydrogen-bond donors (Lipinski definition) is 2. The van der Waals surface area contributed by atoms with Gasteiger partial charge in [0.1, 0.15) is 17.9 Å². The fourth-order valence-corrected chi connectivity index (χ4v) is 5.26. The molecule has 3 aliphatic heterocycles. The van der Waals surface area contributed by atoms with Crippen molar-refractivity contribution in [3.8, 4) is 5.75 Å². The van der Waals surface area contributed by atoms with Crippen LogP contribution in [0.5, 0.6) is 5.75 Å². The van der Waals surface area contributed by atoms with Crippen molar-refractivity contribution < 1.29 is 19.1 Å². The smallest absolute Gasteiger partial charge is 0.255 e. The largest absolute Gasteiger partial charge is 0.487 e. The first-order valence-corrected chi connectivity index (χ1v) is 12.5. The highest BCUT2D eigenvalue weighted by atomic mass is 16.5. The van der Waals surface area contributed by atoms with Gasteiger partial charge in [-0.25, -0.2) is 0 Å². The SMILES string of the molecule is CCN1CC[C@H](NCc2ccccc2)[C@@H](Oc2ccc3c(c2)CN(C2CCC(=O)NC2=O)C3=O)C1. The maximum atomic E-state index is 13.0. The molecule has 8 nitrogen and oxygen atoms in total. The number of rotatable bonds is 7. The Hall–Kier alpha value is -3.23. The summed E-state index contributed by atoms with van der Waals surface area (Å²) in [6, 6.07) is 15.5. The van der Waals surface area contributed by atoms with Crippen LogP contribution in [0.3, 0.4) is 0 Å². The maximum Gasteiger partial charge on any atom is 0.255 e. The molecule has 0 aliphatic carbocycles. The van der Waals surface area contributed by atoms with Crippen molar-refractivity contribution in [3.05, 3.63) is 65.2 Å². The van der Waals surface area contributed by atoms with Crippen LogP contribution in [0.15, 0.2) is 48.5 Å². The molecule has 5 rings (SSSR count). The third kappa shape index (κ3) is 5.09. The Morgan fingerprint density at radius 3 is 2.69 bits per heavy atom. The summed E-state index contributed by atoms with van der Waals surface area (Å²) >= 11 is 0. The zero-order chi connectivity index (χ0) is 24.4. The summed E-state index contributed by atoms with van der Waals surface area (Å²) in [4.78, 5) is 40.8. The zero-order valence-corrected chi connectivity index (χ0v) is 20.0. The second kappa shape index (κ2) is 10.2. The number of amides is 3. The van der Waals surface area contributed by atoms with Gasteiger partial charge in [-0.2, -0.15) is 0 Å². The van der Waals surface area contributed by atoms with Gasteiger partial charge in [-0.1, -0.05) is 37.3 Å². The van der Waals surface area contributed by atoms with Crippen LogP contribution in [-0.2, 0) is 22.7 Å². The predicted molar refractivity (Wildman–Crippen MR) is 131 cm³/mol. The molecule has 35 heavy (non-hydrogen) atoms. The summed E-state index contributed by atoms with van der Waals surface area (Å²) in [5.74, 6) is -0.113. The summed E-state index contributed by atoms with van der Waals surface area (Å²) in [6.45, 7) is 6.14. The summed E-state index contributed by atoms with van der Waals surface area (Å²) in [5.41, 5.74) is 2.70. The number of nitrogens with zero attached hydrogens (tertiary/aromatic N) is 2. The molecule has 0 saturated carbocycles. The number of likely N-dealkylation sites (N-methyl/N-ethyl adjacent to an activating group) is 1. The first kappa shape index (κ1) is 23.5. The monoisotopic (exact) mass is 476 g/mol. The summed E-state index contributed by atoms with van der Waals surface area (Å²) in [6.07, 6.45) is 1.58. The van der Waals surface area contributed by atoms with Crippen molar-refractivity contribution in [2.75, 3.05) is 19.6 Å². The summed E-state index contributed by atoms with van der Waals surface area (Å²) < 4.78 is 6.51. The van der Waals surface area contributed by atoms with E-state index in [0.29, 0.717) is 18.5 Å². The van der Waals surface area contributed by atoms with Crippen LogP contribution in [0, 0.1) is 0 Å². The minimum absolute atomic E-state index is 0.0196. The lowest BCUT2D eigenvalue weighted by Gasteiger charge is -2.38. The van der Waals surface area contributed by atoms with Crippen LogP contribution < -0.4 is 15.4 Å². The van der Waals surface area contributed by atoms with Crippen LogP contribution in [0.25, 0.3) is 0 Å². The number of hydrogen-bond acceptors (Lipinski definition) is 6. The van der Waals surface area contributed by atoms with Crippen LogP contribution in [0.4, 0.5) is 0 Å². The average Bonchev–Trinajstić information content (AvgIpc) is 3.19. The molecule has 0 bridgehead atoms. The van der Waals surface area contributed by atoms with E-state index in [2.05, 4.69) is 46.7 Å². The lowest BCUT2D eigenvalue weighted by atomic mass is 10.0. The molecule has 3 amide bonds. The molecule has 2 aromatic carbocycles. The molecule has 3 aliphatic rings. The quantitative estimate of drug-likeness (QED) is 0.595. The Morgan fingerprint density at radius 2 is 1.91 bits per heavy atom. The van der Waals surface area contributed by atoms with Crippen LogP contribution >= 0.6 is 0 Å². The number of imide groups is 1. The van der Waals surface area contributed by atoms with E-state index < -0.39 is 11.9 Å². The van der Waals surface area contributed by atoms with Crippen LogP contribution in [0.1, 0.15) is 47.7 Å². The number of benzene rings is 2. The van der Waals surface area contributed by atoms with E-state index in [4.69, 9.17) is 4.74 Å². The van der Waals surface area contributed by atoms with Gasteiger partial charge in [0, 0.05) is 37.7 Å². The number of piperidine rings is 2. The van der Waals surface area contributed by atoms with Gasteiger partial charge in [-0.15, -0.1) is 0 Å². The fourth-order valence-electron chi connectivity index (χ4n) is 5.26. The number of carbonyl (C=O) groups is 3. The molecule has 8 heteroatoms. The Labute approximate surface area is 205 Å². The van der Waals surface area contributed by atoms with Gasteiger partial charge in [-0.3, -0.25) is 24.6 Å². The van der Waals surface area contributed by atoms with Gasteiger partial charge in [-0.05, 0) is 55.3 Å². The third-order valence-corrected chi connectivity index (χ3v) is 7.28.